The summed E-state index contributed by atoms with van der Waals surface area (Å²) >= 11 is 0. The highest BCUT2D eigenvalue weighted by atomic mass is 19.4. The molecule has 7 heteroatoms. The lowest BCUT2D eigenvalue weighted by Crippen LogP contribution is -2.21. The summed E-state index contributed by atoms with van der Waals surface area (Å²) in [6, 6.07) is 1.06. The van der Waals surface area contributed by atoms with Crippen LogP contribution in [0.4, 0.5) is 13.2 Å². The van der Waals surface area contributed by atoms with Gasteiger partial charge in [-0.15, -0.1) is 0 Å². The fourth-order valence-electron chi connectivity index (χ4n) is 1.87. The first-order chi connectivity index (χ1) is 8.87. The molecule has 1 aromatic rings. The molecular formula is C12H12F3NO3. The zero-order chi connectivity index (χ0) is 14.0. The van der Waals surface area contributed by atoms with E-state index in [1.807, 2.05) is 0 Å². The van der Waals surface area contributed by atoms with E-state index in [1.54, 1.807) is 0 Å². The molecule has 0 amide bonds. The molecule has 1 N–H and O–H groups in total. The second kappa shape index (κ2) is 5.07. The monoisotopic (exact) mass is 275 g/mol. The van der Waals surface area contributed by atoms with Gasteiger partial charge in [0.1, 0.15) is 5.75 Å². The summed E-state index contributed by atoms with van der Waals surface area (Å²) in [4.78, 5) is 14.5. The van der Waals surface area contributed by atoms with Crippen LogP contribution in [-0.4, -0.2) is 28.8 Å². The average Bonchev–Trinajstić information content (AvgIpc) is 2.24. The maximum absolute atomic E-state index is 12.2. The van der Waals surface area contributed by atoms with Gasteiger partial charge in [-0.3, -0.25) is 0 Å². The molecule has 1 saturated carbocycles. The Morgan fingerprint density at radius 3 is 2.63 bits per heavy atom. The smallest absolute Gasteiger partial charge is 0.422 e. The summed E-state index contributed by atoms with van der Waals surface area (Å²) in [5.41, 5.74) is 0.237. The van der Waals surface area contributed by atoms with Gasteiger partial charge in [-0.1, -0.05) is 6.42 Å². The summed E-state index contributed by atoms with van der Waals surface area (Å²) in [6.07, 6.45) is -0.431. The molecule has 0 saturated heterocycles. The Morgan fingerprint density at radius 1 is 1.47 bits per heavy atom. The average molecular weight is 275 g/mol. The Bertz CT molecular complexity index is 484. The zero-order valence-corrected chi connectivity index (χ0v) is 9.91. The third kappa shape index (κ3) is 3.36. The molecule has 19 heavy (non-hydrogen) atoms. The van der Waals surface area contributed by atoms with Crippen molar-refractivity contribution in [2.75, 3.05) is 6.61 Å². The number of carboxylic acids is 1. The van der Waals surface area contributed by atoms with Gasteiger partial charge in [-0.05, 0) is 18.8 Å². The molecule has 0 aromatic carbocycles. The lowest BCUT2D eigenvalue weighted by molar-refractivity contribution is -0.153. The summed E-state index contributed by atoms with van der Waals surface area (Å²) in [5, 5.41) is 8.80. The summed E-state index contributed by atoms with van der Waals surface area (Å²) in [5.74, 6) is -1.22. The molecule has 1 fully saturated rings. The lowest BCUT2D eigenvalue weighted by Gasteiger charge is -2.27. The van der Waals surface area contributed by atoms with Gasteiger partial charge in [0.05, 0.1) is 0 Å². The van der Waals surface area contributed by atoms with Gasteiger partial charge in [0.25, 0.3) is 0 Å². The van der Waals surface area contributed by atoms with Crippen molar-refractivity contribution in [2.24, 2.45) is 0 Å². The minimum atomic E-state index is -4.45. The van der Waals surface area contributed by atoms with Crippen LogP contribution >= 0.6 is 0 Å². The number of halogens is 3. The molecule has 0 atom stereocenters. The number of alkyl halides is 3. The highest BCUT2D eigenvalue weighted by molar-refractivity contribution is 5.85. The van der Waals surface area contributed by atoms with Gasteiger partial charge in [-0.2, -0.15) is 13.2 Å². The summed E-state index contributed by atoms with van der Waals surface area (Å²) in [7, 11) is 0. The van der Waals surface area contributed by atoms with E-state index >= 15 is 0 Å². The number of hydrogen-bond donors (Lipinski definition) is 1. The molecule has 0 spiro atoms. The minimum absolute atomic E-state index is 0.0329. The standard InChI is InChI=1S/C12H12F3NO3/c13-12(14,15)6-19-10-4-9(11(17)18)16-5-8(10)7-2-1-3-7/h4-5,7H,1-3,6H2,(H,17,18). The largest absolute Gasteiger partial charge is 0.484 e. The van der Waals surface area contributed by atoms with Crippen LogP contribution < -0.4 is 4.74 Å². The van der Waals surface area contributed by atoms with Gasteiger partial charge in [0, 0.05) is 17.8 Å². The Kier molecular flexibility index (Phi) is 3.64. The molecule has 1 aliphatic rings. The molecule has 1 aromatic heterocycles. The Labute approximate surface area is 107 Å². The molecule has 2 rings (SSSR count). The third-order valence-corrected chi connectivity index (χ3v) is 3.05. The molecule has 1 aliphatic carbocycles. The van der Waals surface area contributed by atoms with Gasteiger partial charge >= 0.3 is 12.1 Å². The minimum Gasteiger partial charge on any atom is -0.484 e. The lowest BCUT2D eigenvalue weighted by atomic mass is 9.80. The SMILES string of the molecule is O=C(O)c1cc(OCC(F)(F)F)c(C2CCC2)cn1. The maximum Gasteiger partial charge on any atom is 0.422 e. The van der Waals surface area contributed by atoms with Crippen LogP contribution in [0.2, 0.25) is 0 Å². The first kappa shape index (κ1) is 13.6. The third-order valence-electron chi connectivity index (χ3n) is 3.05. The molecule has 104 valence electrons. The second-order valence-corrected chi connectivity index (χ2v) is 4.44. The van der Waals surface area contributed by atoms with Crippen molar-refractivity contribution < 1.29 is 27.8 Å². The van der Waals surface area contributed by atoms with Crippen molar-refractivity contribution in [1.82, 2.24) is 4.98 Å². The van der Waals surface area contributed by atoms with Gasteiger partial charge < -0.3 is 9.84 Å². The normalized spacial score (nSPS) is 15.9. The van der Waals surface area contributed by atoms with E-state index in [-0.39, 0.29) is 17.4 Å². The molecule has 4 nitrogen and oxygen atoms in total. The first-order valence-electron chi connectivity index (χ1n) is 5.79. The number of aromatic nitrogens is 1. The van der Waals surface area contributed by atoms with E-state index in [2.05, 4.69) is 4.98 Å². The zero-order valence-electron chi connectivity index (χ0n) is 9.91. The van der Waals surface area contributed by atoms with Crippen molar-refractivity contribution in [2.45, 2.75) is 31.4 Å². The summed E-state index contributed by atoms with van der Waals surface area (Å²) < 4.78 is 41.2. The van der Waals surface area contributed by atoms with E-state index in [0.717, 1.165) is 25.3 Å². The van der Waals surface area contributed by atoms with E-state index < -0.39 is 18.8 Å². The molecular weight excluding hydrogens is 263 g/mol. The van der Waals surface area contributed by atoms with Crippen molar-refractivity contribution in [3.63, 3.8) is 0 Å². The summed E-state index contributed by atoms with van der Waals surface area (Å²) in [6.45, 7) is -1.43. The van der Waals surface area contributed by atoms with Crippen molar-refractivity contribution >= 4 is 5.97 Å². The number of hydrogen-bond acceptors (Lipinski definition) is 3. The van der Waals surface area contributed by atoms with Crippen LogP contribution in [-0.2, 0) is 0 Å². The van der Waals surface area contributed by atoms with Crippen LogP contribution in [0.15, 0.2) is 12.3 Å². The second-order valence-electron chi connectivity index (χ2n) is 4.44. The van der Waals surface area contributed by atoms with Crippen LogP contribution in [0.25, 0.3) is 0 Å². The van der Waals surface area contributed by atoms with E-state index in [0.29, 0.717) is 5.56 Å². The van der Waals surface area contributed by atoms with Crippen molar-refractivity contribution in [3.05, 3.63) is 23.5 Å². The van der Waals surface area contributed by atoms with Crippen LogP contribution in [0.3, 0.4) is 0 Å². The maximum atomic E-state index is 12.2. The molecule has 0 radical (unpaired) electrons. The van der Waals surface area contributed by atoms with Crippen LogP contribution in [0, 0.1) is 0 Å². The van der Waals surface area contributed by atoms with Gasteiger partial charge in [-0.25, -0.2) is 9.78 Å². The molecule has 0 bridgehead atoms. The van der Waals surface area contributed by atoms with Crippen LogP contribution in [0.5, 0.6) is 5.75 Å². The highest BCUT2D eigenvalue weighted by Gasteiger charge is 2.30. The Hall–Kier alpha value is -1.79. The van der Waals surface area contributed by atoms with Gasteiger partial charge in [0.15, 0.2) is 12.3 Å². The van der Waals surface area contributed by atoms with Crippen molar-refractivity contribution in [1.29, 1.82) is 0 Å². The molecule has 0 aliphatic heterocycles. The number of rotatable bonds is 4. The fraction of sp³-hybridized carbons (Fsp3) is 0.500. The fourth-order valence-corrected chi connectivity index (χ4v) is 1.87. The number of nitrogens with zero attached hydrogens (tertiary/aromatic N) is 1. The van der Waals surface area contributed by atoms with Gasteiger partial charge in [0.2, 0.25) is 0 Å². The highest BCUT2D eigenvalue weighted by Crippen LogP contribution is 2.40. The van der Waals surface area contributed by atoms with Crippen LogP contribution in [0.1, 0.15) is 41.2 Å². The van der Waals surface area contributed by atoms with E-state index in [1.165, 1.54) is 6.20 Å². The number of carbonyl (C=O) groups is 1. The first-order valence-corrected chi connectivity index (χ1v) is 5.79. The van der Waals surface area contributed by atoms with E-state index in [4.69, 9.17) is 9.84 Å². The Morgan fingerprint density at radius 2 is 2.16 bits per heavy atom. The predicted octanol–water partition coefficient (Wildman–Crippen LogP) is 2.99. The predicted molar refractivity (Wildman–Crippen MR) is 59.3 cm³/mol. The number of ether oxygens (including phenoxy) is 1. The molecule has 1 heterocycles. The van der Waals surface area contributed by atoms with Crippen molar-refractivity contribution in [3.8, 4) is 5.75 Å². The Balaban J connectivity index is 2.24. The topological polar surface area (TPSA) is 59.4 Å². The quantitative estimate of drug-likeness (QED) is 0.917. The number of pyridine rings is 1. The number of carboxylic acid groups (broad SMARTS) is 1. The number of aromatic carboxylic acids is 1. The van der Waals surface area contributed by atoms with E-state index in [9.17, 15) is 18.0 Å². The molecule has 0 unspecified atom stereocenters.